The van der Waals surface area contributed by atoms with Crippen LogP contribution in [0.15, 0.2) is 30.3 Å². The summed E-state index contributed by atoms with van der Waals surface area (Å²) in [5, 5.41) is 8.05. The summed E-state index contributed by atoms with van der Waals surface area (Å²) < 4.78 is 26.4. The quantitative estimate of drug-likeness (QED) is 0.771. The molecule has 0 aliphatic heterocycles. The molecule has 0 aliphatic carbocycles. The molecule has 0 amide bonds. The molecule has 0 N–H and O–H groups in total. The fourth-order valence-corrected chi connectivity index (χ4v) is 3.48. The maximum atomic E-state index is 12.5. The largest absolute Gasteiger partial charge is 0.269 e. The molecule has 0 spiro atoms. The van der Waals surface area contributed by atoms with Crippen LogP contribution in [0.1, 0.15) is 33.1 Å². The van der Waals surface area contributed by atoms with E-state index in [0.29, 0.717) is 18.7 Å². The molecule has 0 radical (unpaired) electrons. The van der Waals surface area contributed by atoms with Gasteiger partial charge in [-0.2, -0.15) is 5.26 Å². The average molecular weight is 280 g/mol. The van der Waals surface area contributed by atoms with Gasteiger partial charge >= 0.3 is 0 Å². The number of nitrogens with zero attached hydrogens (tertiary/aromatic N) is 2. The van der Waals surface area contributed by atoms with Crippen LogP contribution >= 0.6 is 0 Å². The third-order valence-electron chi connectivity index (χ3n) is 2.94. The number of hydrogen-bond acceptors (Lipinski definition) is 3. The predicted octanol–water partition coefficient (Wildman–Crippen LogP) is 2.93. The lowest BCUT2D eigenvalue weighted by Crippen LogP contribution is -2.38. The highest BCUT2D eigenvalue weighted by Gasteiger charge is 2.30. The highest BCUT2D eigenvalue weighted by Crippen LogP contribution is 2.22. The molecule has 1 aromatic carbocycles. The number of rotatable bonds is 7. The van der Waals surface area contributed by atoms with Crippen molar-refractivity contribution in [2.75, 3.05) is 10.8 Å². The van der Waals surface area contributed by atoms with E-state index in [0.717, 1.165) is 12.8 Å². The van der Waals surface area contributed by atoms with Crippen molar-refractivity contribution in [1.82, 2.24) is 0 Å². The lowest BCUT2D eigenvalue weighted by atomic mass is 10.3. The number of nitriles is 1. The number of anilines is 1. The van der Waals surface area contributed by atoms with E-state index in [4.69, 9.17) is 5.26 Å². The molecule has 104 valence electrons. The van der Waals surface area contributed by atoms with Crippen molar-refractivity contribution in [2.24, 2.45) is 0 Å². The summed E-state index contributed by atoms with van der Waals surface area (Å²) in [6.07, 6.45) is 1.98. The Labute approximate surface area is 115 Å². The smallest absolute Gasteiger partial charge is 0.251 e. The SMILES string of the molecule is CCCCN(c1ccccc1)S(=O)(=O)C(C#N)CC. The van der Waals surface area contributed by atoms with Gasteiger partial charge in [-0.1, -0.05) is 38.5 Å². The Morgan fingerprint density at radius 3 is 2.37 bits per heavy atom. The van der Waals surface area contributed by atoms with Crippen molar-refractivity contribution in [3.05, 3.63) is 30.3 Å². The van der Waals surface area contributed by atoms with Crippen molar-refractivity contribution in [3.8, 4) is 6.07 Å². The van der Waals surface area contributed by atoms with Crippen LogP contribution in [0, 0.1) is 11.3 Å². The van der Waals surface area contributed by atoms with Gasteiger partial charge in [-0.25, -0.2) is 8.42 Å². The zero-order chi connectivity index (χ0) is 14.3. The van der Waals surface area contributed by atoms with Crippen LogP contribution in [0.3, 0.4) is 0 Å². The highest BCUT2D eigenvalue weighted by molar-refractivity contribution is 7.93. The van der Waals surface area contributed by atoms with Crippen LogP contribution < -0.4 is 4.31 Å². The fraction of sp³-hybridized carbons (Fsp3) is 0.500. The van der Waals surface area contributed by atoms with Crippen LogP contribution in [-0.2, 0) is 10.0 Å². The molecule has 0 aliphatic rings. The molecule has 0 fully saturated rings. The first-order chi connectivity index (χ1) is 9.07. The van der Waals surface area contributed by atoms with E-state index in [1.165, 1.54) is 4.31 Å². The van der Waals surface area contributed by atoms with Crippen molar-refractivity contribution >= 4 is 15.7 Å². The average Bonchev–Trinajstić information content (AvgIpc) is 2.41. The molecule has 5 heteroatoms. The molecular formula is C14H20N2O2S. The summed E-state index contributed by atoms with van der Waals surface area (Å²) in [6, 6.07) is 10.9. The first-order valence-corrected chi connectivity index (χ1v) is 8.04. The van der Waals surface area contributed by atoms with Crippen LogP contribution in [0.4, 0.5) is 5.69 Å². The summed E-state index contributed by atoms with van der Waals surface area (Å²) in [6.45, 7) is 4.15. The van der Waals surface area contributed by atoms with Crippen molar-refractivity contribution in [3.63, 3.8) is 0 Å². The number of sulfonamides is 1. The van der Waals surface area contributed by atoms with E-state index < -0.39 is 15.3 Å². The Morgan fingerprint density at radius 2 is 1.89 bits per heavy atom. The fourth-order valence-electron chi connectivity index (χ4n) is 1.82. The highest BCUT2D eigenvalue weighted by atomic mass is 32.2. The number of para-hydroxylation sites is 1. The van der Waals surface area contributed by atoms with Crippen molar-refractivity contribution in [2.45, 2.75) is 38.4 Å². The van der Waals surface area contributed by atoms with Gasteiger partial charge in [-0.05, 0) is 25.0 Å². The van der Waals surface area contributed by atoms with Crippen LogP contribution in [0.2, 0.25) is 0 Å². The van der Waals surface area contributed by atoms with Crippen LogP contribution in [-0.4, -0.2) is 20.2 Å². The summed E-state index contributed by atoms with van der Waals surface area (Å²) in [4.78, 5) is 0. The standard InChI is InChI=1S/C14H20N2O2S/c1-3-5-11-16(13-9-7-6-8-10-13)19(17,18)14(4-2)12-15/h6-10,14H,3-5,11H2,1-2H3. The summed E-state index contributed by atoms with van der Waals surface area (Å²) in [5.41, 5.74) is 0.629. The molecule has 4 nitrogen and oxygen atoms in total. The van der Waals surface area contributed by atoms with Crippen molar-refractivity contribution < 1.29 is 8.42 Å². The van der Waals surface area contributed by atoms with Gasteiger partial charge in [0.25, 0.3) is 10.0 Å². The molecule has 0 bridgehead atoms. The third-order valence-corrected chi connectivity index (χ3v) is 5.11. The van der Waals surface area contributed by atoms with Crippen LogP contribution in [0.25, 0.3) is 0 Å². The third kappa shape index (κ3) is 3.71. The molecule has 0 aromatic heterocycles. The van der Waals surface area contributed by atoms with Gasteiger partial charge in [0.05, 0.1) is 11.8 Å². The molecule has 1 atom stereocenters. The van der Waals surface area contributed by atoms with Crippen molar-refractivity contribution in [1.29, 1.82) is 5.26 Å². The predicted molar refractivity (Wildman–Crippen MR) is 77.3 cm³/mol. The second kappa shape index (κ2) is 7.15. The molecular weight excluding hydrogens is 260 g/mol. The van der Waals surface area contributed by atoms with E-state index in [1.54, 1.807) is 31.2 Å². The minimum Gasteiger partial charge on any atom is -0.269 e. The second-order valence-electron chi connectivity index (χ2n) is 4.33. The van der Waals surface area contributed by atoms with Gasteiger partial charge in [0.1, 0.15) is 0 Å². The zero-order valence-electron chi connectivity index (χ0n) is 11.4. The van der Waals surface area contributed by atoms with E-state index >= 15 is 0 Å². The normalized spacial score (nSPS) is 12.7. The lowest BCUT2D eigenvalue weighted by Gasteiger charge is -2.26. The Kier molecular flexibility index (Phi) is 5.84. The Hall–Kier alpha value is -1.54. The molecule has 19 heavy (non-hydrogen) atoms. The number of hydrogen-bond donors (Lipinski definition) is 0. The second-order valence-corrected chi connectivity index (χ2v) is 6.37. The summed E-state index contributed by atoms with van der Waals surface area (Å²) >= 11 is 0. The first kappa shape index (κ1) is 15.5. The molecule has 0 heterocycles. The van der Waals surface area contributed by atoms with Gasteiger partial charge in [0, 0.05) is 6.54 Å². The Morgan fingerprint density at radius 1 is 1.26 bits per heavy atom. The minimum absolute atomic E-state index is 0.300. The van der Waals surface area contributed by atoms with E-state index in [-0.39, 0.29) is 0 Å². The van der Waals surface area contributed by atoms with Gasteiger partial charge in [-0.3, -0.25) is 4.31 Å². The Balaban J connectivity index is 3.14. The zero-order valence-corrected chi connectivity index (χ0v) is 12.2. The minimum atomic E-state index is -3.62. The lowest BCUT2D eigenvalue weighted by molar-refractivity contribution is 0.580. The summed E-state index contributed by atoms with van der Waals surface area (Å²) in [7, 11) is -3.62. The number of unbranched alkanes of at least 4 members (excludes halogenated alkanes) is 1. The van der Waals surface area contributed by atoms with E-state index in [1.807, 2.05) is 19.1 Å². The van der Waals surface area contributed by atoms with Gasteiger partial charge in [-0.15, -0.1) is 0 Å². The van der Waals surface area contributed by atoms with Crippen LogP contribution in [0.5, 0.6) is 0 Å². The number of benzene rings is 1. The van der Waals surface area contributed by atoms with Gasteiger partial charge in [0.15, 0.2) is 5.25 Å². The Bertz CT molecular complexity index is 520. The molecule has 0 saturated carbocycles. The monoisotopic (exact) mass is 280 g/mol. The van der Waals surface area contributed by atoms with Gasteiger partial charge in [0.2, 0.25) is 0 Å². The maximum absolute atomic E-state index is 12.5. The molecule has 1 rings (SSSR count). The van der Waals surface area contributed by atoms with E-state index in [2.05, 4.69) is 0 Å². The topological polar surface area (TPSA) is 61.2 Å². The first-order valence-electron chi connectivity index (χ1n) is 6.54. The molecule has 0 saturated heterocycles. The van der Waals surface area contributed by atoms with Gasteiger partial charge < -0.3 is 0 Å². The summed E-state index contributed by atoms with van der Waals surface area (Å²) in [5.74, 6) is 0. The molecule has 1 aromatic rings. The molecule has 1 unspecified atom stereocenters. The maximum Gasteiger partial charge on any atom is 0.251 e. The van der Waals surface area contributed by atoms with E-state index in [9.17, 15) is 8.42 Å².